The van der Waals surface area contributed by atoms with Gasteiger partial charge < -0.3 is 4.90 Å². The molecule has 0 spiro atoms. The third-order valence-corrected chi connectivity index (χ3v) is 2.47. The van der Waals surface area contributed by atoms with E-state index in [0.717, 1.165) is 31.5 Å². The van der Waals surface area contributed by atoms with Crippen molar-refractivity contribution in [1.29, 1.82) is 0 Å². The van der Waals surface area contributed by atoms with E-state index in [0.29, 0.717) is 5.57 Å². The monoisotopic (exact) mass is 191 g/mol. The molecule has 1 aliphatic rings. The first-order valence-corrected chi connectivity index (χ1v) is 5.18. The Hall–Kier alpha value is -1.27. The molecule has 1 aliphatic carbocycles. The Morgan fingerprint density at radius 2 is 2.21 bits per heavy atom. The van der Waals surface area contributed by atoms with E-state index in [-0.39, 0.29) is 0 Å². The maximum atomic E-state index is 10.7. The Balaban J connectivity index is 2.85. The summed E-state index contributed by atoms with van der Waals surface area (Å²) in [4.78, 5) is 12.9. The molecule has 0 aromatic carbocycles. The van der Waals surface area contributed by atoms with Gasteiger partial charge in [0.2, 0.25) is 0 Å². The van der Waals surface area contributed by atoms with Crippen LogP contribution in [0.4, 0.5) is 0 Å². The molecule has 0 saturated heterocycles. The summed E-state index contributed by atoms with van der Waals surface area (Å²) in [5.74, 6) is 1.99. The molecular formula is C12H17NO. The predicted octanol–water partition coefficient (Wildman–Crippen LogP) is 2.32. The number of hydrogen-bond acceptors (Lipinski definition) is 2. The molecule has 0 unspecified atom stereocenters. The van der Waals surface area contributed by atoms with E-state index < -0.39 is 0 Å². The van der Waals surface area contributed by atoms with Crippen molar-refractivity contribution in [3.05, 3.63) is 29.5 Å². The summed E-state index contributed by atoms with van der Waals surface area (Å²) in [6, 6.07) is 0. The fourth-order valence-electron chi connectivity index (χ4n) is 1.54. The summed E-state index contributed by atoms with van der Waals surface area (Å²) in [5, 5.41) is 0. The molecule has 0 radical (unpaired) electrons. The molecule has 0 amide bonds. The van der Waals surface area contributed by atoms with Crippen molar-refractivity contribution < 1.29 is 4.79 Å². The van der Waals surface area contributed by atoms with E-state index >= 15 is 0 Å². The molecule has 76 valence electrons. The third-order valence-electron chi connectivity index (χ3n) is 2.47. The number of hydrogen-bond donors (Lipinski definition) is 0. The minimum Gasteiger partial charge on any atom is -0.378 e. The topological polar surface area (TPSA) is 20.3 Å². The van der Waals surface area contributed by atoms with Gasteiger partial charge in [0.1, 0.15) is 5.94 Å². The highest BCUT2D eigenvalue weighted by Gasteiger charge is 2.08. The fourth-order valence-corrected chi connectivity index (χ4v) is 1.54. The van der Waals surface area contributed by atoms with Crippen LogP contribution < -0.4 is 0 Å². The second kappa shape index (κ2) is 5.46. The van der Waals surface area contributed by atoms with Gasteiger partial charge in [0.05, 0.1) is 5.57 Å². The van der Waals surface area contributed by atoms with Crippen LogP contribution in [-0.2, 0) is 4.79 Å². The van der Waals surface area contributed by atoms with Crippen LogP contribution in [-0.4, -0.2) is 23.9 Å². The van der Waals surface area contributed by atoms with Gasteiger partial charge >= 0.3 is 0 Å². The van der Waals surface area contributed by atoms with Gasteiger partial charge in [-0.2, -0.15) is 0 Å². The lowest BCUT2D eigenvalue weighted by Crippen LogP contribution is -2.17. The Morgan fingerprint density at radius 1 is 1.50 bits per heavy atom. The summed E-state index contributed by atoms with van der Waals surface area (Å²) in [7, 11) is 0. The highest BCUT2D eigenvalue weighted by molar-refractivity contribution is 5.66. The van der Waals surface area contributed by atoms with Gasteiger partial charge in [-0.15, -0.1) is 0 Å². The first kappa shape index (κ1) is 10.8. The van der Waals surface area contributed by atoms with E-state index in [9.17, 15) is 4.79 Å². The fraction of sp³-hybridized carbons (Fsp3) is 0.500. The zero-order valence-electron chi connectivity index (χ0n) is 8.92. The van der Waals surface area contributed by atoms with Crippen molar-refractivity contribution in [2.75, 3.05) is 13.1 Å². The van der Waals surface area contributed by atoms with Crippen LogP contribution in [0, 0.1) is 0 Å². The lowest BCUT2D eigenvalue weighted by Gasteiger charge is -2.19. The molecule has 0 N–H and O–H groups in total. The number of carbonyl (C=O) groups excluding carboxylic acids is 1. The number of nitrogens with zero attached hydrogens (tertiary/aromatic N) is 1. The van der Waals surface area contributed by atoms with Crippen molar-refractivity contribution in [3.63, 3.8) is 0 Å². The highest BCUT2D eigenvalue weighted by atomic mass is 16.1. The summed E-state index contributed by atoms with van der Waals surface area (Å²) in [6.45, 7) is 6.19. The largest absolute Gasteiger partial charge is 0.378 e. The van der Waals surface area contributed by atoms with E-state index in [2.05, 4.69) is 24.9 Å². The summed E-state index contributed by atoms with van der Waals surface area (Å²) in [5.41, 5.74) is 1.83. The van der Waals surface area contributed by atoms with Crippen molar-refractivity contribution in [2.24, 2.45) is 0 Å². The summed E-state index contributed by atoms with van der Waals surface area (Å²) in [6.07, 6.45) is 7.96. The molecule has 1 rings (SSSR count). The minimum atomic E-state index is 0.711. The van der Waals surface area contributed by atoms with Crippen molar-refractivity contribution in [3.8, 4) is 0 Å². The van der Waals surface area contributed by atoms with Crippen LogP contribution in [0.25, 0.3) is 0 Å². The van der Waals surface area contributed by atoms with Crippen LogP contribution in [0.1, 0.15) is 26.7 Å². The molecule has 0 saturated carbocycles. The van der Waals surface area contributed by atoms with Gasteiger partial charge in [-0.1, -0.05) is 6.08 Å². The average molecular weight is 191 g/mol. The Bertz CT molecular complexity index is 291. The maximum Gasteiger partial charge on any atom is 0.132 e. The second-order valence-electron chi connectivity index (χ2n) is 3.33. The van der Waals surface area contributed by atoms with E-state index in [1.165, 1.54) is 0 Å². The van der Waals surface area contributed by atoms with Crippen LogP contribution in [0.3, 0.4) is 0 Å². The van der Waals surface area contributed by atoms with Crippen molar-refractivity contribution >= 4 is 5.94 Å². The molecule has 14 heavy (non-hydrogen) atoms. The zero-order chi connectivity index (χ0) is 10.4. The second-order valence-corrected chi connectivity index (χ2v) is 3.33. The molecule has 2 heteroatoms. The SMILES string of the molecule is CCN(/C=C1/CCC=CC1=C=O)CC. The van der Waals surface area contributed by atoms with Gasteiger partial charge in [-0.3, -0.25) is 0 Å². The zero-order valence-corrected chi connectivity index (χ0v) is 8.92. The molecule has 0 aromatic rings. The van der Waals surface area contributed by atoms with E-state index in [4.69, 9.17) is 0 Å². The van der Waals surface area contributed by atoms with Crippen LogP contribution in [0.15, 0.2) is 29.5 Å². The lowest BCUT2D eigenvalue weighted by atomic mass is 9.97. The van der Waals surface area contributed by atoms with Crippen LogP contribution in [0.2, 0.25) is 0 Å². The smallest absolute Gasteiger partial charge is 0.132 e. The molecule has 0 fully saturated rings. The van der Waals surface area contributed by atoms with E-state index in [1.807, 2.05) is 18.1 Å². The molecule has 0 heterocycles. The van der Waals surface area contributed by atoms with Gasteiger partial charge in [-0.05, 0) is 38.3 Å². The van der Waals surface area contributed by atoms with Gasteiger partial charge in [0.25, 0.3) is 0 Å². The first-order chi connectivity index (χ1) is 6.81. The van der Waals surface area contributed by atoms with Crippen LogP contribution >= 0.6 is 0 Å². The Kier molecular flexibility index (Phi) is 4.21. The quantitative estimate of drug-likeness (QED) is 0.638. The molecule has 0 bridgehead atoms. The van der Waals surface area contributed by atoms with Crippen LogP contribution in [0.5, 0.6) is 0 Å². The molecule has 0 atom stereocenters. The standard InChI is InChI=1S/C12H17NO/c1-3-13(4-2)9-11-7-5-6-8-12(11)10-14/h6,8-9H,3-5,7H2,1-2H3/b11-9-. The Labute approximate surface area is 85.6 Å². The summed E-state index contributed by atoms with van der Waals surface area (Å²) < 4.78 is 0. The third kappa shape index (κ3) is 2.61. The molecular weight excluding hydrogens is 174 g/mol. The van der Waals surface area contributed by atoms with Crippen molar-refractivity contribution in [2.45, 2.75) is 26.7 Å². The van der Waals surface area contributed by atoms with Crippen molar-refractivity contribution in [1.82, 2.24) is 4.90 Å². The van der Waals surface area contributed by atoms with Gasteiger partial charge in [0, 0.05) is 19.3 Å². The molecule has 0 aromatic heterocycles. The average Bonchev–Trinajstić information content (AvgIpc) is 2.26. The minimum absolute atomic E-state index is 0.711. The Morgan fingerprint density at radius 3 is 2.79 bits per heavy atom. The number of allylic oxidation sites excluding steroid dienone is 4. The summed E-state index contributed by atoms with van der Waals surface area (Å²) >= 11 is 0. The van der Waals surface area contributed by atoms with E-state index in [1.54, 1.807) is 0 Å². The predicted molar refractivity (Wildman–Crippen MR) is 58.6 cm³/mol. The maximum absolute atomic E-state index is 10.7. The molecule has 2 nitrogen and oxygen atoms in total. The lowest BCUT2D eigenvalue weighted by molar-refractivity contribution is 0.415. The van der Waals surface area contributed by atoms with Gasteiger partial charge in [-0.25, -0.2) is 4.79 Å². The number of rotatable bonds is 3. The molecule has 0 aliphatic heterocycles. The first-order valence-electron chi connectivity index (χ1n) is 5.18. The van der Waals surface area contributed by atoms with Gasteiger partial charge in [0.15, 0.2) is 0 Å². The highest BCUT2D eigenvalue weighted by Crippen LogP contribution is 2.21. The normalized spacial score (nSPS) is 18.4.